The van der Waals surface area contributed by atoms with Gasteiger partial charge in [-0.2, -0.15) is 0 Å². The second kappa shape index (κ2) is 7.78. The SMILES string of the molecule is CCC(=O)NC1CCC(n2nncc2-c2ccc(-c3ccc4[nH]ccc4c3)cc2)C1. The van der Waals surface area contributed by atoms with Crippen LogP contribution in [0.2, 0.25) is 0 Å². The van der Waals surface area contributed by atoms with Gasteiger partial charge in [-0.15, -0.1) is 5.10 Å². The lowest BCUT2D eigenvalue weighted by Crippen LogP contribution is -2.32. The van der Waals surface area contributed by atoms with E-state index in [2.05, 4.69) is 69.1 Å². The molecule has 6 nitrogen and oxygen atoms in total. The molecule has 5 rings (SSSR count). The molecule has 0 bridgehead atoms. The van der Waals surface area contributed by atoms with Gasteiger partial charge in [0, 0.05) is 29.7 Å². The van der Waals surface area contributed by atoms with Gasteiger partial charge < -0.3 is 10.3 Å². The zero-order valence-electron chi connectivity index (χ0n) is 17.0. The second-order valence-electron chi connectivity index (χ2n) is 8.01. The van der Waals surface area contributed by atoms with Crippen molar-refractivity contribution >= 4 is 16.8 Å². The molecule has 6 heteroatoms. The van der Waals surface area contributed by atoms with Crippen molar-refractivity contribution in [2.75, 3.05) is 0 Å². The maximum absolute atomic E-state index is 11.7. The van der Waals surface area contributed by atoms with Gasteiger partial charge in [0.25, 0.3) is 0 Å². The Hall–Kier alpha value is -3.41. The van der Waals surface area contributed by atoms with Crippen molar-refractivity contribution in [2.45, 2.75) is 44.7 Å². The molecular formula is C24H25N5O. The first-order chi connectivity index (χ1) is 14.7. The van der Waals surface area contributed by atoms with Crippen LogP contribution in [0.15, 0.2) is 60.9 Å². The Kier molecular flexibility index (Phi) is 4.83. The van der Waals surface area contributed by atoms with Crippen LogP contribution in [0.25, 0.3) is 33.3 Å². The van der Waals surface area contributed by atoms with E-state index in [4.69, 9.17) is 0 Å². The van der Waals surface area contributed by atoms with Crippen molar-refractivity contribution in [3.8, 4) is 22.4 Å². The van der Waals surface area contributed by atoms with E-state index < -0.39 is 0 Å². The Morgan fingerprint density at radius 2 is 1.90 bits per heavy atom. The van der Waals surface area contributed by atoms with Crippen LogP contribution in [0.1, 0.15) is 38.6 Å². The Balaban J connectivity index is 1.36. The normalized spacial score (nSPS) is 18.7. The van der Waals surface area contributed by atoms with Gasteiger partial charge in [-0.1, -0.05) is 42.5 Å². The number of amides is 1. The van der Waals surface area contributed by atoms with Gasteiger partial charge in [0.05, 0.1) is 17.9 Å². The lowest BCUT2D eigenvalue weighted by atomic mass is 10.0. The first kappa shape index (κ1) is 18.6. The summed E-state index contributed by atoms with van der Waals surface area (Å²) < 4.78 is 2.03. The van der Waals surface area contributed by atoms with Gasteiger partial charge in [0.2, 0.25) is 5.91 Å². The molecule has 4 aromatic rings. The van der Waals surface area contributed by atoms with E-state index in [9.17, 15) is 4.79 Å². The number of nitrogens with zero attached hydrogens (tertiary/aromatic N) is 3. The molecule has 1 saturated carbocycles. The van der Waals surface area contributed by atoms with E-state index in [1.54, 1.807) is 0 Å². The van der Waals surface area contributed by atoms with E-state index in [0.29, 0.717) is 6.42 Å². The van der Waals surface area contributed by atoms with Crippen molar-refractivity contribution in [1.29, 1.82) is 0 Å². The summed E-state index contributed by atoms with van der Waals surface area (Å²) in [5, 5.41) is 12.9. The van der Waals surface area contributed by atoms with Gasteiger partial charge in [-0.3, -0.25) is 4.79 Å². The molecule has 152 valence electrons. The standard InChI is InChI=1S/C24H25N5O/c1-2-24(30)27-20-8-9-21(14-20)29-23(15-26-28-29)17-5-3-16(4-6-17)18-7-10-22-19(13-18)11-12-25-22/h3-7,10-13,15,20-21,25H,2,8-9,14H2,1H3,(H,27,30). The minimum absolute atomic E-state index is 0.118. The number of H-pyrrole nitrogens is 1. The fraction of sp³-hybridized carbons (Fsp3) is 0.292. The fourth-order valence-electron chi connectivity index (χ4n) is 4.43. The monoisotopic (exact) mass is 399 g/mol. The molecule has 0 radical (unpaired) electrons. The van der Waals surface area contributed by atoms with Crippen LogP contribution in [0.5, 0.6) is 0 Å². The molecule has 2 aromatic carbocycles. The minimum atomic E-state index is 0.118. The van der Waals surface area contributed by atoms with Gasteiger partial charge in [0.1, 0.15) is 0 Å². The summed E-state index contributed by atoms with van der Waals surface area (Å²) >= 11 is 0. The molecule has 0 saturated heterocycles. The highest BCUT2D eigenvalue weighted by atomic mass is 16.1. The van der Waals surface area contributed by atoms with Crippen LogP contribution in [-0.4, -0.2) is 31.9 Å². The van der Waals surface area contributed by atoms with E-state index in [0.717, 1.165) is 36.0 Å². The summed E-state index contributed by atoms with van der Waals surface area (Å²) in [6.07, 6.45) is 7.21. The van der Waals surface area contributed by atoms with Crippen LogP contribution in [0.4, 0.5) is 0 Å². The predicted molar refractivity (Wildman–Crippen MR) is 118 cm³/mol. The van der Waals surface area contributed by atoms with Gasteiger partial charge in [-0.05, 0) is 54.0 Å². The van der Waals surface area contributed by atoms with Crippen LogP contribution in [0.3, 0.4) is 0 Å². The molecule has 1 aliphatic carbocycles. The Labute approximate surface area is 175 Å². The molecular weight excluding hydrogens is 374 g/mol. The van der Waals surface area contributed by atoms with Gasteiger partial charge in [-0.25, -0.2) is 4.68 Å². The lowest BCUT2D eigenvalue weighted by Gasteiger charge is -2.15. The van der Waals surface area contributed by atoms with Crippen molar-refractivity contribution < 1.29 is 4.79 Å². The highest BCUT2D eigenvalue weighted by molar-refractivity contribution is 5.85. The maximum Gasteiger partial charge on any atom is 0.219 e. The topological polar surface area (TPSA) is 75.6 Å². The zero-order chi connectivity index (χ0) is 20.5. The molecule has 0 aliphatic heterocycles. The number of hydrogen-bond donors (Lipinski definition) is 2. The van der Waals surface area contributed by atoms with E-state index >= 15 is 0 Å². The number of rotatable bonds is 5. The van der Waals surface area contributed by atoms with Crippen LogP contribution in [-0.2, 0) is 4.79 Å². The smallest absolute Gasteiger partial charge is 0.219 e. The molecule has 1 fully saturated rings. The van der Waals surface area contributed by atoms with Crippen molar-refractivity contribution in [1.82, 2.24) is 25.3 Å². The molecule has 2 heterocycles. The highest BCUT2D eigenvalue weighted by Crippen LogP contribution is 2.34. The van der Waals surface area contributed by atoms with Crippen molar-refractivity contribution in [2.24, 2.45) is 0 Å². The number of fused-ring (bicyclic) bond motifs is 1. The molecule has 0 spiro atoms. The molecule has 2 aromatic heterocycles. The number of aromatic amines is 1. The highest BCUT2D eigenvalue weighted by Gasteiger charge is 2.29. The van der Waals surface area contributed by atoms with Gasteiger partial charge >= 0.3 is 0 Å². The minimum Gasteiger partial charge on any atom is -0.361 e. The molecule has 1 amide bonds. The average Bonchev–Trinajstić information content (AvgIpc) is 3.53. The molecule has 1 aliphatic rings. The third kappa shape index (κ3) is 3.49. The van der Waals surface area contributed by atoms with Crippen LogP contribution in [0, 0.1) is 0 Å². The second-order valence-corrected chi connectivity index (χ2v) is 8.01. The summed E-state index contributed by atoms with van der Waals surface area (Å²) in [4.78, 5) is 14.9. The third-order valence-corrected chi connectivity index (χ3v) is 6.08. The number of hydrogen-bond acceptors (Lipinski definition) is 3. The third-order valence-electron chi connectivity index (χ3n) is 6.08. The summed E-state index contributed by atoms with van der Waals surface area (Å²) in [5.41, 5.74) is 5.66. The molecule has 2 atom stereocenters. The Morgan fingerprint density at radius 3 is 2.73 bits per heavy atom. The average molecular weight is 399 g/mol. The largest absolute Gasteiger partial charge is 0.361 e. The van der Waals surface area contributed by atoms with E-state index in [-0.39, 0.29) is 18.0 Å². The quantitative estimate of drug-likeness (QED) is 0.510. The predicted octanol–water partition coefficient (Wildman–Crippen LogP) is 4.71. The van der Waals surface area contributed by atoms with E-state index in [1.807, 2.05) is 24.0 Å². The van der Waals surface area contributed by atoms with Crippen LogP contribution < -0.4 is 5.32 Å². The van der Waals surface area contributed by atoms with E-state index in [1.165, 1.54) is 16.5 Å². The number of carbonyl (C=O) groups excluding carboxylic acids is 1. The Morgan fingerprint density at radius 1 is 1.10 bits per heavy atom. The molecule has 2 unspecified atom stereocenters. The summed E-state index contributed by atoms with van der Waals surface area (Å²) in [7, 11) is 0. The summed E-state index contributed by atoms with van der Waals surface area (Å²) in [6, 6.07) is 17.6. The summed E-state index contributed by atoms with van der Waals surface area (Å²) in [6.45, 7) is 1.89. The molecule has 30 heavy (non-hydrogen) atoms. The first-order valence-electron chi connectivity index (χ1n) is 10.6. The fourth-order valence-corrected chi connectivity index (χ4v) is 4.43. The number of benzene rings is 2. The van der Waals surface area contributed by atoms with Crippen molar-refractivity contribution in [3.05, 3.63) is 60.9 Å². The van der Waals surface area contributed by atoms with Crippen LogP contribution >= 0.6 is 0 Å². The number of carbonyl (C=O) groups is 1. The lowest BCUT2D eigenvalue weighted by molar-refractivity contribution is -0.121. The van der Waals surface area contributed by atoms with Gasteiger partial charge in [0.15, 0.2) is 0 Å². The number of nitrogens with one attached hydrogen (secondary N) is 2. The summed E-state index contributed by atoms with van der Waals surface area (Å²) in [5.74, 6) is 0.118. The first-order valence-corrected chi connectivity index (χ1v) is 10.6. The van der Waals surface area contributed by atoms with Crippen molar-refractivity contribution in [3.63, 3.8) is 0 Å². The zero-order valence-corrected chi connectivity index (χ0v) is 17.0. The molecule has 2 N–H and O–H groups in total. The Bertz CT molecular complexity index is 1170. The number of aromatic nitrogens is 4. The maximum atomic E-state index is 11.7.